The van der Waals surface area contributed by atoms with Crippen LogP contribution in [-0.2, 0) is 6.42 Å². The lowest BCUT2D eigenvalue weighted by atomic mass is 9.89. The van der Waals surface area contributed by atoms with Gasteiger partial charge in [0.15, 0.2) is 0 Å². The third-order valence-electron chi connectivity index (χ3n) is 3.82. The van der Waals surface area contributed by atoms with Crippen molar-refractivity contribution in [3.63, 3.8) is 0 Å². The molecule has 0 saturated carbocycles. The zero-order valence-electron chi connectivity index (χ0n) is 11.8. The van der Waals surface area contributed by atoms with Gasteiger partial charge in [-0.1, -0.05) is 18.2 Å². The zero-order chi connectivity index (χ0) is 14.8. The van der Waals surface area contributed by atoms with E-state index in [2.05, 4.69) is 17.1 Å². The number of fused-ring (bicyclic) bond motifs is 1. The standard InChI is InChI=1S/C17H16N2O2/c1-21-13-7-5-11(6-8-13)9-12-3-2-4-15-16(12)14(10-18)17(20)19-15/h5-9,19-20H,2-4H2,1H3. The molecule has 1 heterocycles. The van der Waals surface area contributed by atoms with Gasteiger partial charge in [0.25, 0.3) is 0 Å². The maximum absolute atomic E-state index is 9.83. The lowest BCUT2D eigenvalue weighted by Gasteiger charge is -2.15. The highest BCUT2D eigenvalue weighted by Crippen LogP contribution is 2.38. The number of ether oxygens (including phenoxy) is 1. The van der Waals surface area contributed by atoms with E-state index in [9.17, 15) is 10.4 Å². The Morgan fingerprint density at radius 2 is 2.05 bits per heavy atom. The fourth-order valence-corrected chi connectivity index (χ4v) is 2.81. The van der Waals surface area contributed by atoms with Crippen molar-refractivity contribution in [3.8, 4) is 17.7 Å². The van der Waals surface area contributed by atoms with Crippen LogP contribution >= 0.6 is 0 Å². The van der Waals surface area contributed by atoms with Gasteiger partial charge in [0.05, 0.1) is 7.11 Å². The molecule has 4 nitrogen and oxygen atoms in total. The number of nitrogens with one attached hydrogen (secondary N) is 1. The third-order valence-corrected chi connectivity index (χ3v) is 3.82. The molecule has 0 fully saturated rings. The second-order valence-corrected chi connectivity index (χ2v) is 5.11. The summed E-state index contributed by atoms with van der Waals surface area (Å²) in [4.78, 5) is 2.92. The zero-order valence-corrected chi connectivity index (χ0v) is 11.8. The van der Waals surface area contributed by atoms with E-state index in [0.717, 1.165) is 47.4 Å². The molecule has 1 aliphatic rings. The first-order chi connectivity index (χ1) is 10.2. The quantitative estimate of drug-likeness (QED) is 0.884. The highest BCUT2D eigenvalue weighted by atomic mass is 16.5. The number of hydrogen-bond donors (Lipinski definition) is 2. The van der Waals surface area contributed by atoms with Crippen LogP contribution in [0.2, 0.25) is 0 Å². The highest BCUT2D eigenvalue weighted by Gasteiger charge is 2.23. The van der Waals surface area contributed by atoms with Crippen LogP contribution in [0.25, 0.3) is 11.6 Å². The van der Waals surface area contributed by atoms with Crippen LogP contribution in [0.15, 0.2) is 24.3 Å². The van der Waals surface area contributed by atoms with Gasteiger partial charge in [-0.05, 0) is 42.5 Å². The molecule has 2 N–H and O–H groups in total. The lowest BCUT2D eigenvalue weighted by Crippen LogP contribution is -2.01. The van der Waals surface area contributed by atoms with Gasteiger partial charge in [-0.3, -0.25) is 0 Å². The van der Waals surface area contributed by atoms with Crippen LogP contribution in [0, 0.1) is 11.3 Å². The molecule has 4 heteroatoms. The summed E-state index contributed by atoms with van der Waals surface area (Å²) in [6, 6.07) is 9.89. The molecular weight excluding hydrogens is 264 g/mol. The predicted molar refractivity (Wildman–Crippen MR) is 81.0 cm³/mol. The normalized spacial score (nSPS) is 15.5. The molecule has 1 aromatic heterocycles. The van der Waals surface area contributed by atoms with Crippen LogP contribution in [-0.4, -0.2) is 17.2 Å². The Hall–Kier alpha value is -2.67. The van der Waals surface area contributed by atoms with Crippen molar-refractivity contribution in [2.45, 2.75) is 19.3 Å². The van der Waals surface area contributed by atoms with Gasteiger partial charge in [0.2, 0.25) is 5.88 Å². The van der Waals surface area contributed by atoms with E-state index in [1.54, 1.807) is 7.11 Å². The number of aromatic nitrogens is 1. The Balaban J connectivity index is 2.04. The summed E-state index contributed by atoms with van der Waals surface area (Å²) in [6.45, 7) is 0. The number of nitrogens with zero attached hydrogens (tertiary/aromatic N) is 1. The molecule has 3 rings (SSSR count). The number of H-pyrrole nitrogens is 1. The number of rotatable bonds is 2. The van der Waals surface area contributed by atoms with Crippen molar-refractivity contribution < 1.29 is 9.84 Å². The van der Waals surface area contributed by atoms with Gasteiger partial charge >= 0.3 is 0 Å². The van der Waals surface area contributed by atoms with E-state index in [1.165, 1.54) is 0 Å². The number of allylic oxidation sites excluding steroid dienone is 1. The first-order valence-electron chi connectivity index (χ1n) is 6.92. The number of nitriles is 1. The van der Waals surface area contributed by atoms with Crippen LogP contribution in [0.1, 0.15) is 35.2 Å². The van der Waals surface area contributed by atoms with E-state index < -0.39 is 0 Å². The van der Waals surface area contributed by atoms with Gasteiger partial charge in [0.1, 0.15) is 17.4 Å². The van der Waals surface area contributed by atoms with Crippen molar-refractivity contribution >= 4 is 11.6 Å². The van der Waals surface area contributed by atoms with Crippen molar-refractivity contribution in [1.82, 2.24) is 4.98 Å². The molecule has 106 valence electrons. The van der Waals surface area contributed by atoms with E-state index in [-0.39, 0.29) is 5.88 Å². The van der Waals surface area contributed by atoms with Crippen molar-refractivity contribution in [3.05, 3.63) is 46.6 Å². The molecule has 0 radical (unpaired) electrons. The molecule has 0 atom stereocenters. The van der Waals surface area contributed by atoms with Gasteiger partial charge in [-0.2, -0.15) is 5.26 Å². The molecule has 0 unspecified atom stereocenters. The molecule has 2 aromatic rings. The number of aromatic amines is 1. The summed E-state index contributed by atoms with van der Waals surface area (Å²) in [6.07, 6.45) is 4.86. The average Bonchev–Trinajstić information content (AvgIpc) is 2.84. The Kier molecular flexibility index (Phi) is 3.41. The summed E-state index contributed by atoms with van der Waals surface area (Å²) in [7, 11) is 1.64. The first-order valence-corrected chi connectivity index (χ1v) is 6.92. The summed E-state index contributed by atoms with van der Waals surface area (Å²) in [5, 5.41) is 19.1. The van der Waals surface area contributed by atoms with E-state index in [4.69, 9.17) is 4.74 Å². The number of aryl methyl sites for hydroxylation is 1. The van der Waals surface area contributed by atoms with Gasteiger partial charge in [-0.25, -0.2) is 0 Å². The third kappa shape index (κ3) is 2.38. The molecule has 0 amide bonds. The average molecular weight is 280 g/mol. The van der Waals surface area contributed by atoms with Crippen LogP contribution in [0.5, 0.6) is 11.6 Å². The molecule has 21 heavy (non-hydrogen) atoms. The molecule has 1 aromatic carbocycles. The van der Waals surface area contributed by atoms with E-state index in [0.29, 0.717) is 5.56 Å². The molecule has 0 spiro atoms. The number of aromatic hydroxyl groups is 1. The van der Waals surface area contributed by atoms with Crippen LogP contribution in [0.3, 0.4) is 0 Å². The largest absolute Gasteiger partial charge is 0.497 e. The first kappa shape index (κ1) is 13.3. The highest BCUT2D eigenvalue weighted by molar-refractivity contribution is 5.87. The summed E-state index contributed by atoms with van der Waals surface area (Å²) < 4.78 is 5.15. The SMILES string of the molecule is COc1ccc(C=C2CCCc3[nH]c(O)c(C#N)c32)cc1. The molecule has 0 aliphatic heterocycles. The Labute approximate surface area is 123 Å². The topological polar surface area (TPSA) is 69.0 Å². The van der Waals surface area contributed by atoms with Gasteiger partial charge < -0.3 is 14.8 Å². The fraction of sp³-hybridized carbons (Fsp3) is 0.235. The van der Waals surface area contributed by atoms with Crippen molar-refractivity contribution in [1.29, 1.82) is 5.26 Å². The number of methoxy groups -OCH3 is 1. The Morgan fingerprint density at radius 3 is 2.71 bits per heavy atom. The minimum absolute atomic E-state index is 0.0231. The van der Waals surface area contributed by atoms with Crippen molar-refractivity contribution in [2.24, 2.45) is 0 Å². The molecular formula is C17H16N2O2. The summed E-state index contributed by atoms with van der Waals surface area (Å²) in [5.41, 5.74) is 4.33. The van der Waals surface area contributed by atoms with Gasteiger partial charge in [-0.15, -0.1) is 0 Å². The van der Waals surface area contributed by atoms with Crippen LogP contribution in [0.4, 0.5) is 0 Å². The number of benzene rings is 1. The second-order valence-electron chi connectivity index (χ2n) is 5.11. The maximum atomic E-state index is 9.83. The summed E-state index contributed by atoms with van der Waals surface area (Å²) >= 11 is 0. The number of hydrogen-bond acceptors (Lipinski definition) is 3. The maximum Gasteiger partial charge on any atom is 0.207 e. The van der Waals surface area contributed by atoms with Crippen molar-refractivity contribution in [2.75, 3.05) is 7.11 Å². The van der Waals surface area contributed by atoms with Crippen LogP contribution < -0.4 is 4.74 Å². The second kappa shape index (κ2) is 5.37. The van der Waals surface area contributed by atoms with Gasteiger partial charge in [0, 0.05) is 11.3 Å². The lowest BCUT2D eigenvalue weighted by molar-refractivity contribution is 0.415. The van der Waals surface area contributed by atoms with E-state index >= 15 is 0 Å². The Morgan fingerprint density at radius 1 is 1.29 bits per heavy atom. The predicted octanol–water partition coefficient (Wildman–Crippen LogP) is 3.48. The molecule has 0 bridgehead atoms. The Bertz CT molecular complexity index is 733. The minimum atomic E-state index is -0.0231. The molecule has 0 saturated heterocycles. The minimum Gasteiger partial charge on any atom is -0.497 e. The van der Waals surface area contributed by atoms with E-state index in [1.807, 2.05) is 24.3 Å². The monoisotopic (exact) mass is 280 g/mol. The smallest absolute Gasteiger partial charge is 0.207 e. The fourth-order valence-electron chi connectivity index (χ4n) is 2.81. The molecule has 1 aliphatic carbocycles. The summed E-state index contributed by atoms with van der Waals surface area (Å²) in [5.74, 6) is 0.795.